The number of carbonyl (C=O) groups is 1. The van der Waals surface area contributed by atoms with Gasteiger partial charge in [-0.05, 0) is 13.0 Å². The van der Waals surface area contributed by atoms with E-state index in [1.54, 1.807) is 0 Å². The van der Waals surface area contributed by atoms with Gasteiger partial charge in [-0.25, -0.2) is 0 Å². The summed E-state index contributed by atoms with van der Waals surface area (Å²) in [5, 5.41) is 2.59. The van der Waals surface area contributed by atoms with Crippen LogP contribution in [-0.2, 0) is 14.3 Å². The molecule has 2 aliphatic rings. The standard InChI is InChI=1S/C11H16F3NO3/c12-11(13,14)10(3-4-15-7-10)9(16)18-8-1-5-17-6-2-8/h8,15H,1-7H2. The van der Waals surface area contributed by atoms with Crippen LogP contribution in [-0.4, -0.2) is 44.6 Å². The van der Waals surface area contributed by atoms with Gasteiger partial charge in [0.25, 0.3) is 0 Å². The van der Waals surface area contributed by atoms with Gasteiger partial charge in [-0.1, -0.05) is 0 Å². The molecule has 1 unspecified atom stereocenters. The van der Waals surface area contributed by atoms with E-state index in [4.69, 9.17) is 9.47 Å². The van der Waals surface area contributed by atoms with Crippen molar-refractivity contribution in [2.24, 2.45) is 5.41 Å². The molecule has 0 aliphatic carbocycles. The van der Waals surface area contributed by atoms with Crippen molar-refractivity contribution in [2.45, 2.75) is 31.5 Å². The SMILES string of the molecule is O=C(OC1CCOCC1)C1(C(F)(F)F)CCNC1. The number of ether oxygens (including phenoxy) is 2. The van der Waals surface area contributed by atoms with Gasteiger partial charge in [0.1, 0.15) is 6.10 Å². The molecule has 7 heteroatoms. The third-order valence-electron chi connectivity index (χ3n) is 3.53. The lowest BCUT2D eigenvalue weighted by atomic mass is 9.86. The Morgan fingerprint density at radius 2 is 2.00 bits per heavy atom. The third-order valence-corrected chi connectivity index (χ3v) is 3.53. The van der Waals surface area contributed by atoms with Crippen molar-refractivity contribution in [2.75, 3.05) is 26.3 Å². The van der Waals surface area contributed by atoms with Crippen molar-refractivity contribution < 1.29 is 27.4 Å². The quantitative estimate of drug-likeness (QED) is 0.765. The van der Waals surface area contributed by atoms with E-state index in [9.17, 15) is 18.0 Å². The molecule has 0 amide bonds. The van der Waals surface area contributed by atoms with Crippen LogP contribution in [0.25, 0.3) is 0 Å². The topological polar surface area (TPSA) is 47.6 Å². The van der Waals surface area contributed by atoms with Crippen LogP contribution in [0, 0.1) is 5.41 Å². The van der Waals surface area contributed by atoms with Crippen molar-refractivity contribution in [3.05, 3.63) is 0 Å². The van der Waals surface area contributed by atoms with E-state index in [0.717, 1.165) is 0 Å². The Morgan fingerprint density at radius 1 is 1.33 bits per heavy atom. The Kier molecular flexibility index (Phi) is 3.82. The van der Waals surface area contributed by atoms with Crippen LogP contribution in [0.2, 0.25) is 0 Å². The second-order valence-electron chi connectivity index (χ2n) is 4.72. The number of hydrogen-bond acceptors (Lipinski definition) is 4. The Balaban J connectivity index is 2.04. The fraction of sp³-hybridized carbons (Fsp3) is 0.909. The molecule has 1 N–H and O–H groups in total. The summed E-state index contributed by atoms with van der Waals surface area (Å²) in [6, 6.07) is 0. The maximum Gasteiger partial charge on any atom is 0.406 e. The van der Waals surface area contributed by atoms with Gasteiger partial charge in [-0.2, -0.15) is 13.2 Å². The van der Waals surface area contributed by atoms with E-state index < -0.39 is 30.2 Å². The first-order valence-electron chi connectivity index (χ1n) is 6.02. The summed E-state index contributed by atoms with van der Waals surface area (Å²) >= 11 is 0. The average molecular weight is 267 g/mol. The summed E-state index contributed by atoms with van der Waals surface area (Å²) < 4.78 is 49.3. The number of rotatable bonds is 2. The van der Waals surface area contributed by atoms with Crippen molar-refractivity contribution in [3.8, 4) is 0 Å². The van der Waals surface area contributed by atoms with Gasteiger partial charge >= 0.3 is 12.1 Å². The summed E-state index contributed by atoms with van der Waals surface area (Å²) in [6.45, 7) is 0.644. The molecule has 2 aliphatic heterocycles. The maximum atomic E-state index is 13.1. The van der Waals surface area contributed by atoms with E-state index >= 15 is 0 Å². The molecule has 18 heavy (non-hydrogen) atoms. The first-order chi connectivity index (χ1) is 8.46. The molecule has 2 rings (SSSR count). The summed E-state index contributed by atoms with van der Waals surface area (Å²) in [4.78, 5) is 11.9. The molecule has 0 aromatic rings. The molecule has 0 aromatic heterocycles. The van der Waals surface area contributed by atoms with Gasteiger partial charge in [0.05, 0.1) is 13.2 Å². The van der Waals surface area contributed by atoms with E-state index in [0.29, 0.717) is 26.1 Å². The number of carbonyl (C=O) groups excluding carboxylic acids is 1. The van der Waals surface area contributed by atoms with E-state index in [2.05, 4.69) is 5.32 Å². The lowest BCUT2D eigenvalue weighted by Crippen LogP contribution is -2.49. The zero-order chi connectivity index (χ0) is 13.2. The number of alkyl halides is 3. The molecule has 104 valence electrons. The molecule has 0 spiro atoms. The van der Waals surface area contributed by atoms with Gasteiger partial charge in [0.2, 0.25) is 0 Å². The second-order valence-corrected chi connectivity index (χ2v) is 4.72. The van der Waals surface area contributed by atoms with Gasteiger partial charge in [-0.3, -0.25) is 4.79 Å². The van der Waals surface area contributed by atoms with Crippen LogP contribution in [0.1, 0.15) is 19.3 Å². The molecule has 2 heterocycles. The van der Waals surface area contributed by atoms with Gasteiger partial charge in [0, 0.05) is 19.4 Å². The van der Waals surface area contributed by atoms with E-state index in [-0.39, 0.29) is 13.0 Å². The number of hydrogen-bond donors (Lipinski definition) is 1. The van der Waals surface area contributed by atoms with Gasteiger partial charge in [0.15, 0.2) is 5.41 Å². The van der Waals surface area contributed by atoms with E-state index in [1.807, 2.05) is 0 Å². The Bertz CT molecular complexity index is 307. The molecular formula is C11H16F3NO3. The monoisotopic (exact) mass is 267 g/mol. The smallest absolute Gasteiger partial charge is 0.406 e. The van der Waals surface area contributed by atoms with Crippen molar-refractivity contribution >= 4 is 5.97 Å². The number of halogens is 3. The highest BCUT2D eigenvalue weighted by molar-refractivity contribution is 5.79. The Labute approximate surface area is 103 Å². The highest BCUT2D eigenvalue weighted by Gasteiger charge is 2.62. The van der Waals surface area contributed by atoms with Crippen LogP contribution in [0.15, 0.2) is 0 Å². The maximum absolute atomic E-state index is 13.1. The zero-order valence-corrected chi connectivity index (χ0v) is 9.89. The molecular weight excluding hydrogens is 251 g/mol. The van der Waals surface area contributed by atoms with Crippen LogP contribution >= 0.6 is 0 Å². The van der Waals surface area contributed by atoms with Crippen molar-refractivity contribution in [1.29, 1.82) is 0 Å². The lowest BCUT2D eigenvalue weighted by Gasteiger charge is -2.31. The second kappa shape index (κ2) is 5.05. The Hall–Kier alpha value is -0.820. The highest BCUT2D eigenvalue weighted by Crippen LogP contribution is 2.44. The normalized spacial score (nSPS) is 30.4. The summed E-state index contributed by atoms with van der Waals surface area (Å²) in [6.07, 6.45) is -4.34. The molecule has 2 saturated heterocycles. The van der Waals surface area contributed by atoms with Gasteiger partial charge < -0.3 is 14.8 Å². The first kappa shape index (κ1) is 13.6. The minimum Gasteiger partial charge on any atom is -0.461 e. The first-order valence-corrected chi connectivity index (χ1v) is 6.02. The summed E-state index contributed by atoms with van der Waals surface area (Å²) in [7, 11) is 0. The average Bonchev–Trinajstić information content (AvgIpc) is 2.80. The minimum atomic E-state index is -4.57. The van der Waals surface area contributed by atoms with Crippen LogP contribution in [0.3, 0.4) is 0 Å². The van der Waals surface area contributed by atoms with Gasteiger partial charge in [-0.15, -0.1) is 0 Å². The molecule has 0 saturated carbocycles. The van der Waals surface area contributed by atoms with Crippen LogP contribution in [0.5, 0.6) is 0 Å². The molecule has 1 atom stereocenters. The molecule has 0 aromatic carbocycles. The van der Waals surface area contributed by atoms with Crippen LogP contribution < -0.4 is 5.32 Å². The molecule has 0 bridgehead atoms. The number of nitrogens with one attached hydrogen (secondary N) is 1. The van der Waals surface area contributed by atoms with Crippen molar-refractivity contribution in [1.82, 2.24) is 5.32 Å². The largest absolute Gasteiger partial charge is 0.461 e. The zero-order valence-electron chi connectivity index (χ0n) is 9.89. The molecule has 2 fully saturated rings. The fourth-order valence-electron chi connectivity index (χ4n) is 2.28. The Morgan fingerprint density at radius 3 is 2.50 bits per heavy atom. The highest BCUT2D eigenvalue weighted by atomic mass is 19.4. The lowest BCUT2D eigenvalue weighted by molar-refractivity contribution is -0.233. The minimum absolute atomic E-state index is 0.183. The summed E-state index contributed by atoms with van der Waals surface area (Å²) in [5.74, 6) is -1.15. The summed E-state index contributed by atoms with van der Waals surface area (Å²) in [5.41, 5.74) is -2.37. The molecule has 0 radical (unpaired) electrons. The fourth-order valence-corrected chi connectivity index (χ4v) is 2.28. The van der Waals surface area contributed by atoms with Crippen molar-refractivity contribution in [3.63, 3.8) is 0 Å². The molecule has 4 nitrogen and oxygen atoms in total. The van der Waals surface area contributed by atoms with E-state index in [1.165, 1.54) is 0 Å². The number of esters is 1. The third kappa shape index (κ3) is 2.47. The predicted molar refractivity (Wildman–Crippen MR) is 55.9 cm³/mol. The predicted octanol–water partition coefficient (Wildman–Crippen LogP) is 1.25. The van der Waals surface area contributed by atoms with Crippen LogP contribution in [0.4, 0.5) is 13.2 Å².